The number of aliphatic hydroxyl groups excluding tert-OH is 1. The third kappa shape index (κ3) is 7.45. The molecule has 0 bridgehead atoms. The number of halogens is 1. The average Bonchev–Trinajstić information content (AvgIpc) is 2.74. The van der Waals surface area contributed by atoms with Crippen LogP contribution in [0.3, 0.4) is 0 Å². The van der Waals surface area contributed by atoms with E-state index in [-0.39, 0.29) is 26.4 Å². The van der Waals surface area contributed by atoms with Crippen molar-refractivity contribution in [2.45, 2.75) is 6.10 Å². The number of benzene rings is 2. The van der Waals surface area contributed by atoms with Crippen molar-refractivity contribution in [3.8, 4) is 35.3 Å². The Morgan fingerprint density at radius 2 is 1.86 bits per heavy atom. The molecule has 0 fully saturated rings. The van der Waals surface area contributed by atoms with Crippen LogP contribution in [0.4, 0.5) is 0 Å². The number of carbonyl (C=O) groups excluding carboxylic acids is 1. The van der Waals surface area contributed by atoms with E-state index in [1.165, 1.54) is 7.11 Å². The number of aliphatic hydroxyl groups is 1. The highest BCUT2D eigenvalue weighted by Gasteiger charge is 2.15. The molecule has 0 saturated heterocycles. The van der Waals surface area contributed by atoms with Gasteiger partial charge in [-0.05, 0) is 36.4 Å². The number of methoxy groups -OCH3 is 1. The maximum Gasteiger partial charge on any atom is 0.252 e. The minimum absolute atomic E-state index is 0.132. The van der Waals surface area contributed by atoms with Gasteiger partial charge in [-0.25, -0.2) is 0 Å². The smallest absolute Gasteiger partial charge is 0.252 e. The molecule has 0 spiro atoms. The molecule has 2 aromatic carbocycles. The van der Waals surface area contributed by atoms with Crippen molar-refractivity contribution >= 4 is 17.5 Å². The standard InChI is InChI=1S/C21H22ClNO6/c1-3-11-28-19-9-8-17(13-20(19)26-2)27-12-10-23-21(25)18(24)14-29-16-6-4-15(22)5-7-16/h1,4-9,13,18,24H,10-12,14H2,2H3,(H,23,25). The molecule has 1 amide bonds. The summed E-state index contributed by atoms with van der Waals surface area (Å²) in [4.78, 5) is 11.9. The van der Waals surface area contributed by atoms with Gasteiger partial charge in [-0.2, -0.15) is 0 Å². The van der Waals surface area contributed by atoms with E-state index in [0.29, 0.717) is 28.0 Å². The zero-order chi connectivity index (χ0) is 21.1. The minimum Gasteiger partial charge on any atom is -0.493 e. The fraction of sp³-hybridized carbons (Fsp3) is 0.286. The third-order valence-electron chi connectivity index (χ3n) is 3.64. The van der Waals surface area contributed by atoms with Crippen LogP contribution < -0.4 is 24.3 Å². The normalized spacial score (nSPS) is 11.1. The summed E-state index contributed by atoms with van der Waals surface area (Å²) in [6.07, 6.45) is 3.87. The molecule has 2 aromatic rings. The topological polar surface area (TPSA) is 86.3 Å². The fourth-order valence-electron chi connectivity index (χ4n) is 2.22. The molecule has 0 heterocycles. The maximum absolute atomic E-state index is 11.9. The van der Waals surface area contributed by atoms with Gasteiger partial charge in [0.05, 0.1) is 13.7 Å². The number of hydrogen-bond donors (Lipinski definition) is 2. The maximum atomic E-state index is 11.9. The van der Waals surface area contributed by atoms with Crippen LogP contribution in [0, 0.1) is 12.3 Å². The van der Waals surface area contributed by atoms with Gasteiger partial charge in [0.25, 0.3) is 5.91 Å². The van der Waals surface area contributed by atoms with E-state index < -0.39 is 12.0 Å². The van der Waals surface area contributed by atoms with E-state index in [9.17, 15) is 9.90 Å². The number of terminal acetylenes is 1. The molecular formula is C21H22ClNO6. The molecule has 154 valence electrons. The molecule has 0 radical (unpaired) electrons. The van der Waals surface area contributed by atoms with Crippen LogP contribution in [0.25, 0.3) is 0 Å². The summed E-state index contributed by atoms with van der Waals surface area (Å²) in [5, 5.41) is 13.0. The highest BCUT2D eigenvalue weighted by Crippen LogP contribution is 2.31. The Morgan fingerprint density at radius 3 is 2.55 bits per heavy atom. The molecule has 0 aromatic heterocycles. The third-order valence-corrected chi connectivity index (χ3v) is 3.89. The highest BCUT2D eigenvalue weighted by molar-refractivity contribution is 6.30. The lowest BCUT2D eigenvalue weighted by Gasteiger charge is -2.14. The second-order valence-corrected chi connectivity index (χ2v) is 6.16. The largest absolute Gasteiger partial charge is 0.493 e. The summed E-state index contributed by atoms with van der Waals surface area (Å²) in [5.41, 5.74) is 0. The van der Waals surface area contributed by atoms with E-state index in [1.54, 1.807) is 42.5 Å². The van der Waals surface area contributed by atoms with Crippen LogP contribution in [0.15, 0.2) is 42.5 Å². The number of carbonyl (C=O) groups is 1. The number of ether oxygens (including phenoxy) is 4. The average molecular weight is 420 g/mol. The molecule has 8 heteroatoms. The van der Waals surface area contributed by atoms with Crippen molar-refractivity contribution in [2.24, 2.45) is 0 Å². The molecule has 2 N–H and O–H groups in total. The Labute approximate surface area is 174 Å². The van der Waals surface area contributed by atoms with Crippen molar-refractivity contribution in [2.75, 3.05) is 33.5 Å². The molecule has 0 aliphatic heterocycles. The number of amides is 1. The van der Waals surface area contributed by atoms with Crippen LogP contribution in [-0.4, -0.2) is 50.6 Å². The monoisotopic (exact) mass is 419 g/mol. The van der Waals surface area contributed by atoms with Gasteiger partial charge in [0.1, 0.15) is 31.3 Å². The Kier molecular flexibility index (Phi) is 8.96. The SMILES string of the molecule is C#CCOc1ccc(OCCNC(=O)C(O)COc2ccc(Cl)cc2)cc1OC. The van der Waals surface area contributed by atoms with Crippen molar-refractivity contribution in [3.63, 3.8) is 0 Å². The summed E-state index contributed by atoms with van der Waals surface area (Å²) >= 11 is 5.78. The fourth-order valence-corrected chi connectivity index (χ4v) is 2.34. The predicted molar refractivity (Wildman–Crippen MR) is 109 cm³/mol. The van der Waals surface area contributed by atoms with Crippen molar-refractivity contribution < 1.29 is 28.8 Å². The first-order valence-electron chi connectivity index (χ1n) is 8.74. The summed E-state index contributed by atoms with van der Waals surface area (Å²) in [6, 6.07) is 11.7. The van der Waals surface area contributed by atoms with Crippen LogP contribution in [0.1, 0.15) is 0 Å². The molecular weight excluding hydrogens is 398 g/mol. The summed E-state index contributed by atoms with van der Waals surface area (Å²) in [7, 11) is 1.51. The molecule has 0 saturated carbocycles. The van der Waals surface area contributed by atoms with Gasteiger partial charge in [-0.3, -0.25) is 4.79 Å². The Balaban J connectivity index is 1.71. The second-order valence-electron chi connectivity index (χ2n) is 5.73. The zero-order valence-corrected chi connectivity index (χ0v) is 16.6. The van der Waals surface area contributed by atoms with Crippen LogP contribution in [0.5, 0.6) is 23.0 Å². The molecule has 1 atom stereocenters. The number of hydrogen-bond acceptors (Lipinski definition) is 6. The van der Waals surface area contributed by atoms with Gasteiger partial charge in [-0.1, -0.05) is 17.5 Å². The first-order chi connectivity index (χ1) is 14.0. The second kappa shape index (κ2) is 11.7. The molecule has 29 heavy (non-hydrogen) atoms. The van der Waals surface area contributed by atoms with Gasteiger partial charge in [0.2, 0.25) is 0 Å². The van der Waals surface area contributed by atoms with Gasteiger partial charge in [-0.15, -0.1) is 6.42 Å². The molecule has 2 rings (SSSR count). The predicted octanol–water partition coefficient (Wildman–Crippen LogP) is 2.30. The van der Waals surface area contributed by atoms with Crippen LogP contribution >= 0.6 is 11.6 Å². The summed E-state index contributed by atoms with van der Waals surface area (Å²) < 4.78 is 21.5. The van der Waals surface area contributed by atoms with Gasteiger partial charge < -0.3 is 29.4 Å². The van der Waals surface area contributed by atoms with E-state index in [1.807, 2.05) is 0 Å². The lowest BCUT2D eigenvalue weighted by Crippen LogP contribution is -2.40. The van der Waals surface area contributed by atoms with Crippen molar-refractivity contribution in [1.82, 2.24) is 5.32 Å². The van der Waals surface area contributed by atoms with Crippen LogP contribution in [0.2, 0.25) is 5.02 Å². The Morgan fingerprint density at radius 1 is 1.14 bits per heavy atom. The van der Waals surface area contributed by atoms with E-state index in [0.717, 1.165) is 0 Å². The molecule has 0 aliphatic carbocycles. The van der Waals surface area contributed by atoms with Crippen LogP contribution in [-0.2, 0) is 4.79 Å². The van der Waals surface area contributed by atoms with E-state index in [4.69, 9.17) is 37.0 Å². The van der Waals surface area contributed by atoms with Gasteiger partial charge in [0, 0.05) is 11.1 Å². The first kappa shape index (κ1) is 22.2. The Hall–Kier alpha value is -3.08. The molecule has 7 nitrogen and oxygen atoms in total. The quantitative estimate of drug-likeness (QED) is 0.429. The minimum atomic E-state index is -1.31. The van der Waals surface area contributed by atoms with E-state index in [2.05, 4.69) is 11.2 Å². The molecule has 0 aliphatic rings. The first-order valence-corrected chi connectivity index (χ1v) is 9.12. The number of rotatable bonds is 11. The zero-order valence-electron chi connectivity index (χ0n) is 15.9. The lowest BCUT2D eigenvalue weighted by atomic mass is 10.3. The van der Waals surface area contributed by atoms with Gasteiger partial charge in [0.15, 0.2) is 17.6 Å². The molecule has 1 unspecified atom stereocenters. The highest BCUT2D eigenvalue weighted by atomic mass is 35.5. The summed E-state index contributed by atoms with van der Waals surface area (Å²) in [5.74, 6) is 3.86. The van der Waals surface area contributed by atoms with E-state index >= 15 is 0 Å². The van der Waals surface area contributed by atoms with Crippen molar-refractivity contribution in [3.05, 3.63) is 47.5 Å². The lowest BCUT2D eigenvalue weighted by molar-refractivity contribution is -0.130. The summed E-state index contributed by atoms with van der Waals surface area (Å²) in [6.45, 7) is 0.357. The Bertz CT molecular complexity index is 834. The number of nitrogens with one attached hydrogen (secondary N) is 1. The van der Waals surface area contributed by atoms with Gasteiger partial charge >= 0.3 is 0 Å². The van der Waals surface area contributed by atoms with Crippen molar-refractivity contribution in [1.29, 1.82) is 0 Å².